The van der Waals surface area contributed by atoms with E-state index in [4.69, 9.17) is 15.3 Å². The molecule has 16 heavy (non-hydrogen) atoms. The Hall–Kier alpha value is -1.88. The van der Waals surface area contributed by atoms with Crippen LogP contribution >= 0.6 is 0 Å². The van der Waals surface area contributed by atoms with Crippen molar-refractivity contribution in [2.24, 2.45) is 5.73 Å². The lowest BCUT2D eigenvalue weighted by Crippen LogP contribution is -2.21. The van der Waals surface area contributed by atoms with E-state index in [-0.39, 0.29) is 5.58 Å². The summed E-state index contributed by atoms with van der Waals surface area (Å²) in [7, 11) is 0. The molecule has 4 nitrogen and oxygen atoms in total. The van der Waals surface area contributed by atoms with Gasteiger partial charge in [-0.1, -0.05) is 12.1 Å². The van der Waals surface area contributed by atoms with Crippen LogP contribution < -0.4 is 5.73 Å². The number of hydrogen-bond acceptors (Lipinski definition) is 3. The van der Waals surface area contributed by atoms with Crippen molar-refractivity contribution >= 4 is 16.9 Å². The van der Waals surface area contributed by atoms with Crippen molar-refractivity contribution < 1.29 is 18.7 Å². The molecule has 0 amide bonds. The molecule has 1 heterocycles. The van der Waals surface area contributed by atoms with E-state index in [9.17, 15) is 9.18 Å². The molecule has 5 heteroatoms. The third kappa shape index (κ3) is 1.45. The van der Waals surface area contributed by atoms with E-state index in [2.05, 4.69) is 0 Å². The van der Waals surface area contributed by atoms with Gasteiger partial charge in [-0.2, -0.15) is 0 Å². The standard InChI is InChI=1S/C11H10FNO3/c1-5-8(9(13)11(14)15)6-3-2-4-7(12)10(6)16-5/h2-4,9H,13H2,1H3,(H,14,15). The molecule has 3 N–H and O–H groups in total. The van der Waals surface area contributed by atoms with E-state index < -0.39 is 17.8 Å². The van der Waals surface area contributed by atoms with Gasteiger partial charge in [0, 0.05) is 10.9 Å². The van der Waals surface area contributed by atoms with E-state index >= 15 is 0 Å². The summed E-state index contributed by atoms with van der Waals surface area (Å²) in [5.74, 6) is -1.37. The summed E-state index contributed by atoms with van der Waals surface area (Å²) < 4.78 is 18.5. The summed E-state index contributed by atoms with van der Waals surface area (Å²) in [5, 5.41) is 9.26. The van der Waals surface area contributed by atoms with Gasteiger partial charge in [0.2, 0.25) is 0 Å². The fourth-order valence-electron chi connectivity index (χ4n) is 1.73. The first kappa shape index (κ1) is 10.6. The molecule has 0 saturated carbocycles. The zero-order chi connectivity index (χ0) is 11.9. The van der Waals surface area contributed by atoms with Crippen LogP contribution in [0, 0.1) is 12.7 Å². The van der Waals surface area contributed by atoms with Gasteiger partial charge < -0.3 is 15.3 Å². The Kier molecular flexibility index (Phi) is 2.40. The second kappa shape index (κ2) is 3.61. The van der Waals surface area contributed by atoms with Crippen LogP contribution in [0.2, 0.25) is 0 Å². The Bertz CT molecular complexity index is 562. The maximum absolute atomic E-state index is 13.4. The molecule has 1 aromatic heterocycles. The lowest BCUT2D eigenvalue weighted by molar-refractivity contribution is -0.138. The predicted molar refractivity (Wildman–Crippen MR) is 55.5 cm³/mol. The van der Waals surface area contributed by atoms with Crippen LogP contribution in [-0.4, -0.2) is 11.1 Å². The van der Waals surface area contributed by atoms with Crippen LogP contribution in [-0.2, 0) is 4.79 Å². The number of para-hydroxylation sites is 1. The molecule has 0 aliphatic heterocycles. The van der Waals surface area contributed by atoms with Gasteiger partial charge in [-0.3, -0.25) is 4.79 Å². The third-order valence-electron chi connectivity index (χ3n) is 2.47. The molecule has 0 saturated heterocycles. The summed E-state index contributed by atoms with van der Waals surface area (Å²) in [4.78, 5) is 10.8. The van der Waals surface area contributed by atoms with Gasteiger partial charge in [0.25, 0.3) is 0 Å². The maximum atomic E-state index is 13.4. The fraction of sp³-hybridized carbons (Fsp3) is 0.182. The predicted octanol–water partition coefficient (Wildman–Crippen LogP) is 1.96. The minimum Gasteiger partial charge on any atom is -0.480 e. The number of furan rings is 1. The molecule has 1 atom stereocenters. The first-order chi connectivity index (χ1) is 7.52. The number of aryl methyl sites for hydroxylation is 1. The van der Waals surface area contributed by atoms with Crippen molar-refractivity contribution in [2.75, 3.05) is 0 Å². The Labute approximate surface area is 90.5 Å². The lowest BCUT2D eigenvalue weighted by Gasteiger charge is -2.04. The van der Waals surface area contributed by atoms with Crippen LogP contribution in [0.1, 0.15) is 17.4 Å². The van der Waals surface area contributed by atoms with E-state index in [1.165, 1.54) is 12.1 Å². The average molecular weight is 223 g/mol. The van der Waals surface area contributed by atoms with Crippen molar-refractivity contribution in [1.29, 1.82) is 0 Å². The normalized spacial score (nSPS) is 12.9. The van der Waals surface area contributed by atoms with Gasteiger partial charge in [-0.05, 0) is 13.0 Å². The Morgan fingerprint density at radius 2 is 2.25 bits per heavy atom. The number of carboxylic acids is 1. The molecular weight excluding hydrogens is 213 g/mol. The molecule has 2 aromatic rings. The Morgan fingerprint density at radius 1 is 1.56 bits per heavy atom. The van der Waals surface area contributed by atoms with Crippen LogP contribution in [0.15, 0.2) is 22.6 Å². The van der Waals surface area contributed by atoms with E-state index in [0.29, 0.717) is 16.7 Å². The Balaban J connectivity index is 2.74. The monoisotopic (exact) mass is 223 g/mol. The summed E-state index contributed by atoms with van der Waals surface area (Å²) in [6, 6.07) is 3.13. The molecule has 0 spiro atoms. The quantitative estimate of drug-likeness (QED) is 0.815. The number of rotatable bonds is 2. The summed E-state index contributed by atoms with van der Waals surface area (Å²) in [6.07, 6.45) is 0. The van der Waals surface area contributed by atoms with Crippen molar-refractivity contribution in [3.63, 3.8) is 0 Å². The van der Waals surface area contributed by atoms with Crippen molar-refractivity contribution in [3.8, 4) is 0 Å². The van der Waals surface area contributed by atoms with Crippen molar-refractivity contribution in [3.05, 3.63) is 35.3 Å². The van der Waals surface area contributed by atoms with Gasteiger partial charge in [-0.25, -0.2) is 4.39 Å². The summed E-state index contributed by atoms with van der Waals surface area (Å²) in [6.45, 7) is 1.57. The highest BCUT2D eigenvalue weighted by molar-refractivity contribution is 5.88. The second-order valence-electron chi connectivity index (χ2n) is 3.50. The number of fused-ring (bicyclic) bond motifs is 1. The Morgan fingerprint density at radius 3 is 2.88 bits per heavy atom. The minimum absolute atomic E-state index is 0.0479. The molecule has 1 aromatic carbocycles. The van der Waals surface area contributed by atoms with Crippen LogP contribution in [0.5, 0.6) is 0 Å². The van der Waals surface area contributed by atoms with Gasteiger partial charge in [0.15, 0.2) is 11.4 Å². The number of halogens is 1. The summed E-state index contributed by atoms with van der Waals surface area (Å²) >= 11 is 0. The highest BCUT2D eigenvalue weighted by atomic mass is 19.1. The van der Waals surface area contributed by atoms with Crippen molar-refractivity contribution in [1.82, 2.24) is 0 Å². The SMILES string of the molecule is Cc1oc2c(F)cccc2c1C(N)C(=O)O. The van der Waals surface area contributed by atoms with Gasteiger partial charge >= 0.3 is 5.97 Å². The fourth-order valence-corrected chi connectivity index (χ4v) is 1.73. The molecule has 84 valence electrons. The van der Waals surface area contributed by atoms with Crippen LogP contribution in [0.3, 0.4) is 0 Å². The highest BCUT2D eigenvalue weighted by Crippen LogP contribution is 2.31. The van der Waals surface area contributed by atoms with Crippen LogP contribution in [0.4, 0.5) is 4.39 Å². The number of nitrogens with two attached hydrogens (primary N) is 1. The highest BCUT2D eigenvalue weighted by Gasteiger charge is 2.23. The van der Waals surface area contributed by atoms with E-state index in [1.54, 1.807) is 13.0 Å². The van der Waals surface area contributed by atoms with Gasteiger partial charge in [-0.15, -0.1) is 0 Å². The largest absolute Gasteiger partial charge is 0.480 e. The zero-order valence-electron chi connectivity index (χ0n) is 8.53. The lowest BCUT2D eigenvalue weighted by atomic mass is 10.0. The van der Waals surface area contributed by atoms with Gasteiger partial charge in [0.1, 0.15) is 11.8 Å². The topological polar surface area (TPSA) is 76.5 Å². The zero-order valence-corrected chi connectivity index (χ0v) is 8.53. The van der Waals surface area contributed by atoms with E-state index in [1.807, 2.05) is 0 Å². The van der Waals surface area contributed by atoms with E-state index in [0.717, 1.165) is 0 Å². The van der Waals surface area contributed by atoms with Crippen LogP contribution in [0.25, 0.3) is 11.0 Å². The first-order valence-electron chi connectivity index (χ1n) is 4.68. The molecule has 1 unspecified atom stereocenters. The second-order valence-corrected chi connectivity index (χ2v) is 3.50. The van der Waals surface area contributed by atoms with Crippen molar-refractivity contribution in [2.45, 2.75) is 13.0 Å². The first-order valence-corrected chi connectivity index (χ1v) is 4.68. The number of aliphatic carboxylic acids is 1. The number of hydrogen-bond donors (Lipinski definition) is 2. The molecule has 0 fully saturated rings. The molecular formula is C11H10FNO3. The maximum Gasteiger partial charge on any atom is 0.325 e. The molecule has 0 aliphatic rings. The number of benzene rings is 1. The molecule has 0 aliphatic carbocycles. The molecule has 0 radical (unpaired) electrons. The summed E-state index contributed by atoms with van der Waals surface area (Å²) in [5.41, 5.74) is 5.89. The number of carboxylic acid groups (broad SMARTS) is 1. The minimum atomic E-state index is -1.21. The smallest absolute Gasteiger partial charge is 0.325 e. The van der Waals surface area contributed by atoms with Gasteiger partial charge in [0.05, 0.1) is 0 Å². The number of carbonyl (C=O) groups is 1. The molecule has 2 rings (SSSR count). The average Bonchev–Trinajstić information content (AvgIpc) is 2.55. The molecule has 0 bridgehead atoms. The third-order valence-corrected chi connectivity index (χ3v) is 2.47.